The van der Waals surface area contributed by atoms with Crippen LogP contribution in [0.4, 0.5) is 0 Å². The molecule has 0 unspecified atom stereocenters. The first-order valence-corrected chi connectivity index (χ1v) is 7.16. The highest BCUT2D eigenvalue weighted by atomic mass is 16.5. The number of carboxylic acids is 1. The van der Waals surface area contributed by atoms with E-state index in [1.54, 1.807) is 16.6 Å². The summed E-state index contributed by atoms with van der Waals surface area (Å²) in [5, 5.41) is 12.9. The molecule has 21 heavy (non-hydrogen) atoms. The molecule has 0 saturated carbocycles. The van der Waals surface area contributed by atoms with Crippen molar-refractivity contribution < 1.29 is 19.4 Å². The summed E-state index contributed by atoms with van der Waals surface area (Å²) in [6.45, 7) is 2.88. The van der Waals surface area contributed by atoms with Gasteiger partial charge in [0.1, 0.15) is 12.3 Å². The van der Waals surface area contributed by atoms with Crippen molar-refractivity contribution in [2.24, 2.45) is 7.05 Å². The quantitative estimate of drug-likeness (QED) is 0.864. The first-order chi connectivity index (χ1) is 10.0. The number of nitrogens with zero attached hydrogens (tertiary/aromatic N) is 3. The lowest BCUT2D eigenvalue weighted by Crippen LogP contribution is -2.41. The predicted octanol–water partition coefficient (Wildman–Crippen LogP) is 0.688. The van der Waals surface area contributed by atoms with E-state index in [1.807, 2.05) is 13.0 Å². The number of likely N-dealkylation sites (tertiary alicyclic amines) is 1. The normalized spacial score (nSPS) is 16.2. The lowest BCUT2D eigenvalue weighted by Gasteiger charge is -2.31. The fourth-order valence-electron chi connectivity index (χ4n) is 2.48. The van der Waals surface area contributed by atoms with E-state index in [1.165, 1.54) is 0 Å². The third kappa shape index (κ3) is 3.81. The van der Waals surface area contributed by atoms with Crippen LogP contribution in [0.1, 0.15) is 35.9 Å². The maximum Gasteiger partial charge on any atom is 0.329 e. The van der Waals surface area contributed by atoms with Gasteiger partial charge in [-0.15, -0.1) is 0 Å². The van der Waals surface area contributed by atoms with Crippen LogP contribution in [0, 0.1) is 0 Å². The molecule has 0 aromatic carbocycles. The van der Waals surface area contributed by atoms with E-state index in [-0.39, 0.29) is 18.6 Å². The van der Waals surface area contributed by atoms with Crippen LogP contribution in [-0.4, -0.2) is 57.5 Å². The van der Waals surface area contributed by atoms with Crippen molar-refractivity contribution in [2.45, 2.75) is 32.3 Å². The zero-order valence-corrected chi connectivity index (χ0v) is 12.4. The minimum absolute atomic E-state index is 0.0265. The van der Waals surface area contributed by atoms with Crippen LogP contribution in [0.15, 0.2) is 6.07 Å². The molecule has 2 heterocycles. The van der Waals surface area contributed by atoms with E-state index in [2.05, 4.69) is 5.10 Å². The fraction of sp³-hybridized carbons (Fsp3) is 0.643. The number of piperidine rings is 1. The lowest BCUT2D eigenvalue weighted by molar-refractivity contribution is -0.145. The zero-order valence-electron chi connectivity index (χ0n) is 12.4. The molecule has 0 atom stereocenters. The molecule has 1 aliphatic rings. The molecule has 1 aromatic heterocycles. The Labute approximate surface area is 123 Å². The standard InChI is InChI=1S/C14H21N3O4/c1-3-10-8-12(16(2)15-10)14(20)17-6-4-11(5-7-17)21-9-13(18)19/h8,11H,3-7,9H2,1-2H3,(H,18,19). The van der Waals surface area contributed by atoms with E-state index >= 15 is 0 Å². The number of ether oxygens (including phenoxy) is 1. The van der Waals surface area contributed by atoms with E-state index in [4.69, 9.17) is 9.84 Å². The highest BCUT2D eigenvalue weighted by molar-refractivity contribution is 5.92. The van der Waals surface area contributed by atoms with Crippen molar-refractivity contribution in [3.8, 4) is 0 Å². The maximum atomic E-state index is 12.5. The first kappa shape index (κ1) is 15.5. The average molecular weight is 295 g/mol. The molecule has 7 nitrogen and oxygen atoms in total. The Kier molecular flexibility index (Phi) is 4.95. The number of aliphatic carboxylic acids is 1. The number of rotatable bonds is 5. The molecule has 0 bridgehead atoms. The van der Waals surface area contributed by atoms with Gasteiger partial charge in [-0.3, -0.25) is 9.48 Å². The maximum absolute atomic E-state index is 12.5. The molecule has 0 radical (unpaired) electrons. The number of aromatic nitrogens is 2. The van der Waals surface area contributed by atoms with Crippen LogP contribution in [0.5, 0.6) is 0 Å². The topological polar surface area (TPSA) is 84.7 Å². The van der Waals surface area contributed by atoms with Crippen molar-refractivity contribution in [3.05, 3.63) is 17.5 Å². The number of hydrogen-bond acceptors (Lipinski definition) is 4. The van der Waals surface area contributed by atoms with Crippen molar-refractivity contribution in [1.29, 1.82) is 0 Å². The third-order valence-corrected chi connectivity index (χ3v) is 3.68. The summed E-state index contributed by atoms with van der Waals surface area (Å²) >= 11 is 0. The Morgan fingerprint density at radius 3 is 2.62 bits per heavy atom. The summed E-state index contributed by atoms with van der Waals surface area (Å²) in [6.07, 6.45) is 2.05. The molecule has 2 rings (SSSR count). The number of carboxylic acid groups (broad SMARTS) is 1. The number of aryl methyl sites for hydroxylation is 2. The Morgan fingerprint density at radius 1 is 1.43 bits per heavy atom. The Balaban J connectivity index is 1.90. The molecular formula is C14H21N3O4. The molecule has 1 amide bonds. The van der Waals surface area contributed by atoms with Gasteiger partial charge in [0.05, 0.1) is 11.8 Å². The summed E-state index contributed by atoms with van der Waals surface area (Å²) in [7, 11) is 1.77. The largest absolute Gasteiger partial charge is 0.480 e. The van der Waals surface area contributed by atoms with Gasteiger partial charge < -0.3 is 14.7 Å². The molecule has 0 spiro atoms. The lowest BCUT2D eigenvalue weighted by atomic mass is 10.1. The van der Waals surface area contributed by atoms with Gasteiger partial charge >= 0.3 is 5.97 Å². The van der Waals surface area contributed by atoms with Gasteiger partial charge in [0, 0.05) is 20.1 Å². The van der Waals surface area contributed by atoms with Crippen molar-refractivity contribution >= 4 is 11.9 Å². The fourth-order valence-corrected chi connectivity index (χ4v) is 2.48. The Morgan fingerprint density at radius 2 is 2.10 bits per heavy atom. The molecule has 116 valence electrons. The highest BCUT2D eigenvalue weighted by Crippen LogP contribution is 2.16. The van der Waals surface area contributed by atoms with Crippen LogP contribution in [-0.2, 0) is 23.0 Å². The van der Waals surface area contributed by atoms with Crippen LogP contribution >= 0.6 is 0 Å². The second-order valence-corrected chi connectivity index (χ2v) is 5.19. The molecule has 1 aliphatic heterocycles. The van der Waals surface area contributed by atoms with E-state index in [9.17, 15) is 9.59 Å². The Bertz CT molecular complexity index is 518. The van der Waals surface area contributed by atoms with Crippen molar-refractivity contribution in [2.75, 3.05) is 19.7 Å². The summed E-state index contributed by atoms with van der Waals surface area (Å²) < 4.78 is 6.89. The van der Waals surface area contributed by atoms with Gasteiger partial charge in [-0.2, -0.15) is 5.10 Å². The molecule has 1 saturated heterocycles. The van der Waals surface area contributed by atoms with Gasteiger partial charge in [-0.25, -0.2) is 4.79 Å². The summed E-state index contributed by atoms with van der Waals surface area (Å²) in [4.78, 5) is 24.7. The monoisotopic (exact) mass is 295 g/mol. The first-order valence-electron chi connectivity index (χ1n) is 7.16. The molecule has 1 N–H and O–H groups in total. The second kappa shape index (κ2) is 6.71. The van der Waals surface area contributed by atoms with Gasteiger partial charge in [0.25, 0.3) is 5.91 Å². The van der Waals surface area contributed by atoms with Crippen molar-refractivity contribution in [3.63, 3.8) is 0 Å². The smallest absolute Gasteiger partial charge is 0.329 e. The van der Waals surface area contributed by atoms with E-state index in [0.29, 0.717) is 31.6 Å². The van der Waals surface area contributed by atoms with Gasteiger partial charge in [0.2, 0.25) is 0 Å². The van der Waals surface area contributed by atoms with Gasteiger partial charge in [-0.1, -0.05) is 6.92 Å². The van der Waals surface area contributed by atoms with Crippen molar-refractivity contribution in [1.82, 2.24) is 14.7 Å². The molecule has 1 fully saturated rings. The highest BCUT2D eigenvalue weighted by Gasteiger charge is 2.26. The van der Waals surface area contributed by atoms with Gasteiger partial charge in [-0.05, 0) is 25.3 Å². The SMILES string of the molecule is CCc1cc(C(=O)N2CCC(OCC(=O)O)CC2)n(C)n1. The zero-order chi connectivity index (χ0) is 15.4. The van der Waals surface area contributed by atoms with Crippen LogP contribution in [0.25, 0.3) is 0 Å². The minimum Gasteiger partial charge on any atom is -0.480 e. The Hall–Kier alpha value is -1.89. The average Bonchev–Trinajstić information content (AvgIpc) is 2.86. The van der Waals surface area contributed by atoms with Crippen LogP contribution < -0.4 is 0 Å². The number of carbonyl (C=O) groups excluding carboxylic acids is 1. The summed E-state index contributed by atoms with van der Waals surface area (Å²) in [5.41, 5.74) is 1.50. The molecule has 1 aromatic rings. The van der Waals surface area contributed by atoms with E-state index < -0.39 is 5.97 Å². The minimum atomic E-state index is -0.963. The van der Waals surface area contributed by atoms with E-state index in [0.717, 1.165) is 12.1 Å². The molecule has 7 heteroatoms. The van der Waals surface area contributed by atoms with Gasteiger partial charge in [0.15, 0.2) is 0 Å². The predicted molar refractivity (Wildman–Crippen MR) is 75.1 cm³/mol. The number of amides is 1. The second-order valence-electron chi connectivity index (χ2n) is 5.19. The molecule has 0 aliphatic carbocycles. The van der Waals surface area contributed by atoms with Crippen LogP contribution in [0.2, 0.25) is 0 Å². The third-order valence-electron chi connectivity index (χ3n) is 3.68. The molecular weight excluding hydrogens is 274 g/mol. The number of hydrogen-bond donors (Lipinski definition) is 1. The number of carbonyl (C=O) groups is 2. The van der Waals surface area contributed by atoms with Crippen LogP contribution in [0.3, 0.4) is 0 Å². The summed E-state index contributed by atoms with van der Waals surface area (Å²) in [5.74, 6) is -0.989. The summed E-state index contributed by atoms with van der Waals surface area (Å²) in [6, 6.07) is 1.83.